The molecule has 0 saturated heterocycles. The van der Waals surface area contributed by atoms with Crippen LogP contribution in [0.2, 0.25) is 0 Å². The Morgan fingerprint density at radius 3 is 2.45 bits per heavy atom. The minimum atomic E-state index is -3.80. The SMILES string of the molecule is CN(C)c1ccc(NC2=NS(=O)(=O)NC(Cc3cccc4ccccc34)=C2)cc1. The number of hydrogen-bond donors (Lipinski definition) is 2. The van der Waals surface area contributed by atoms with Crippen molar-refractivity contribution in [3.8, 4) is 0 Å². The summed E-state index contributed by atoms with van der Waals surface area (Å²) in [5, 5.41) is 5.32. The molecule has 0 unspecified atom stereocenters. The molecule has 29 heavy (non-hydrogen) atoms. The number of anilines is 2. The molecule has 0 atom stereocenters. The summed E-state index contributed by atoms with van der Waals surface area (Å²) in [5.74, 6) is 0.289. The first-order valence-electron chi connectivity index (χ1n) is 9.24. The fourth-order valence-corrected chi connectivity index (χ4v) is 4.19. The van der Waals surface area contributed by atoms with E-state index in [0.717, 1.165) is 27.7 Å². The Morgan fingerprint density at radius 1 is 0.966 bits per heavy atom. The van der Waals surface area contributed by atoms with Gasteiger partial charge in [-0.25, -0.2) is 0 Å². The Morgan fingerprint density at radius 2 is 1.69 bits per heavy atom. The molecule has 3 aromatic carbocycles. The van der Waals surface area contributed by atoms with Crippen LogP contribution in [0.1, 0.15) is 5.56 Å². The third-order valence-electron chi connectivity index (χ3n) is 4.71. The second-order valence-electron chi connectivity index (χ2n) is 7.10. The monoisotopic (exact) mass is 406 g/mol. The maximum atomic E-state index is 12.3. The van der Waals surface area contributed by atoms with E-state index in [1.807, 2.05) is 85.7 Å². The van der Waals surface area contributed by atoms with Crippen molar-refractivity contribution in [3.63, 3.8) is 0 Å². The van der Waals surface area contributed by atoms with Gasteiger partial charge in [-0.1, -0.05) is 42.5 Å². The quantitative estimate of drug-likeness (QED) is 0.693. The molecule has 148 valence electrons. The third kappa shape index (κ3) is 4.41. The van der Waals surface area contributed by atoms with E-state index in [0.29, 0.717) is 12.1 Å². The zero-order chi connectivity index (χ0) is 20.4. The zero-order valence-electron chi connectivity index (χ0n) is 16.3. The predicted molar refractivity (Wildman–Crippen MR) is 120 cm³/mol. The Balaban J connectivity index is 1.61. The van der Waals surface area contributed by atoms with Crippen molar-refractivity contribution < 1.29 is 8.42 Å². The summed E-state index contributed by atoms with van der Waals surface area (Å²) in [6, 6.07) is 21.8. The van der Waals surface area contributed by atoms with Crippen molar-refractivity contribution in [1.82, 2.24) is 4.72 Å². The van der Waals surface area contributed by atoms with Crippen LogP contribution in [0.5, 0.6) is 0 Å². The van der Waals surface area contributed by atoms with Gasteiger partial charge in [0.1, 0.15) is 5.84 Å². The van der Waals surface area contributed by atoms with Crippen LogP contribution in [0.15, 0.2) is 82.9 Å². The van der Waals surface area contributed by atoms with Gasteiger partial charge in [0.05, 0.1) is 0 Å². The van der Waals surface area contributed by atoms with Crippen molar-refractivity contribution in [3.05, 3.63) is 84.1 Å². The summed E-state index contributed by atoms with van der Waals surface area (Å²) in [6.07, 6.45) is 2.20. The number of hydrogen-bond acceptors (Lipinski definition) is 4. The lowest BCUT2D eigenvalue weighted by atomic mass is 10.0. The van der Waals surface area contributed by atoms with Crippen LogP contribution in [0.3, 0.4) is 0 Å². The Bertz CT molecular complexity index is 1210. The average molecular weight is 407 g/mol. The number of nitrogens with zero attached hydrogens (tertiary/aromatic N) is 2. The van der Waals surface area contributed by atoms with Crippen LogP contribution < -0.4 is 14.9 Å². The van der Waals surface area contributed by atoms with Crippen LogP contribution in [-0.4, -0.2) is 28.3 Å². The van der Waals surface area contributed by atoms with Crippen LogP contribution in [0, 0.1) is 0 Å². The molecule has 1 aliphatic rings. The molecule has 0 spiro atoms. The van der Waals surface area contributed by atoms with E-state index in [-0.39, 0.29) is 5.84 Å². The molecule has 1 heterocycles. The van der Waals surface area contributed by atoms with Crippen molar-refractivity contribution in [2.45, 2.75) is 6.42 Å². The maximum absolute atomic E-state index is 12.3. The van der Waals surface area contributed by atoms with Gasteiger partial charge in [-0.2, -0.15) is 8.42 Å². The van der Waals surface area contributed by atoms with E-state index >= 15 is 0 Å². The predicted octanol–water partition coefficient (Wildman–Crippen LogP) is 3.69. The second-order valence-corrected chi connectivity index (χ2v) is 8.44. The molecule has 2 N–H and O–H groups in total. The Labute approximate surface area is 170 Å². The van der Waals surface area contributed by atoms with E-state index in [9.17, 15) is 8.42 Å². The van der Waals surface area contributed by atoms with Crippen LogP contribution in [0.4, 0.5) is 11.4 Å². The number of fused-ring (bicyclic) bond motifs is 1. The topological polar surface area (TPSA) is 73.8 Å². The zero-order valence-corrected chi connectivity index (χ0v) is 17.1. The molecule has 0 fully saturated rings. The minimum absolute atomic E-state index is 0.289. The number of nitrogens with one attached hydrogen (secondary N) is 2. The Hall–Kier alpha value is -3.32. The summed E-state index contributed by atoms with van der Waals surface area (Å²) >= 11 is 0. The molecule has 1 aliphatic heterocycles. The minimum Gasteiger partial charge on any atom is -0.378 e. The van der Waals surface area contributed by atoms with Crippen molar-refractivity contribution in [2.24, 2.45) is 4.40 Å². The second kappa shape index (κ2) is 7.60. The average Bonchev–Trinajstić information content (AvgIpc) is 2.67. The molecule has 4 rings (SSSR count). The van der Waals surface area contributed by atoms with Crippen molar-refractivity contribution in [2.75, 3.05) is 24.3 Å². The van der Waals surface area contributed by atoms with Gasteiger partial charge in [-0.05, 0) is 40.6 Å². The van der Waals surface area contributed by atoms with Crippen LogP contribution >= 0.6 is 0 Å². The van der Waals surface area contributed by atoms with E-state index in [1.54, 1.807) is 6.08 Å². The number of rotatable bonds is 4. The summed E-state index contributed by atoms with van der Waals surface area (Å²) < 4.78 is 30.9. The molecular weight excluding hydrogens is 384 g/mol. The molecule has 0 bridgehead atoms. The first-order chi connectivity index (χ1) is 13.9. The molecule has 0 radical (unpaired) electrons. The number of benzene rings is 3. The third-order valence-corrected chi connectivity index (χ3v) is 5.66. The molecule has 3 aromatic rings. The lowest BCUT2D eigenvalue weighted by Gasteiger charge is -2.18. The molecule has 0 aliphatic carbocycles. The fourth-order valence-electron chi connectivity index (χ4n) is 3.33. The van der Waals surface area contributed by atoms with Crippen molar-refractivity contribution in [1.29, 1.82) is 0 Å². The van der Waals surface area contributed by atoms with Gasteiger partial charge in [-0.15, -0.1) is 4.40 Å². The lowest BCUT2D eigenvalue weighted by molar-refractivity contribution is 0.589. The van der Waals surface area contributed by atoms with Gasteiger partial charge in [0, 0.05) is 43.7 Å². The number of allylic oxidation sites excluding steroid dienone is 1. The van der Waals surface area contributed by atoms with E-state index in [1.165, 1.54) is 0 Å². The first-order valence-corrected chi connectivity index (χ1v) is 10.7. The summed E-state index contributed by atoms with van der Waals surface area (Å²) in [7, 11) is 0.136. The lowest BCUT2D eigenvalue weighted by Crippen LogP contribution is -2.30. The Kier molecular flexibility index (Phi) is 4.98. The van der Waals surface area contributed by atoms with Gasteiger partial charge in [0.25, 0.3) is 0 Å². The highest BCUT2D eigenvalue weighted by atomic mass is 32.2. The van der Waals surface area contributed by atoms with E-state index in [4.69, 9.17) is 0 Å². The summed E-state index contributed by atoms with van der Waals surface area (Å²) in [6.45, 7) is 0. The van der Waals surface area contributed by atoms with Gasteiger partial charge in [0.15, 0.2) is 0 Å². The molecule has 0 aromatic heterocycles. The molecule has 6 nitrogen and oxygen atoms in total. The highest BCUT2D eigenvalue weighted by Crippen LogP contribution is 2.22. The standard InChI is InChI=1S/C22H22N4O2S/c1-26(2)20-12-10-18(11-13-20)23-22-15-19(24-29(27,28)25-22)14-17-8-5-7-16-6-3-4-9-21(16)17/h3-13,15,24H,14H2,1-2H3,(H,23,25). The molecule has 0 amide bonds. The maximum Gasteiger partial charge on any atom is 0.343 e. The molecule has 0 saturated carbocycles. The highest BCUT2D eigenvalue weighted by Gasteiger charge is 2.19. The van der Waals surface area contributed by atoms with Gasteiger partial charge in [0.2, 0.25) is 0 Å². The van der Waals surface area contributed by atoms with E-state index < -0.39 is 10.2 Å². The normalized spacial score (nSPS) is 15.2. The van der Waals surface area contributed by atoms with Crippen LogP contribution in [0.25, 0.3) is 10.8 Å². The van der Waals surface area contributed by atoms with Gasteiger partial charge < -0.3 is 10.2 Å². The van der Waals surface area contributed by atoms with E-state index in [2.05, 4.69) is 14.4 Å². The molecular formula is C22H22N4O2S. The fraction of sp³-hybridized carbons (Fsp3) is 0.136. The van der Waals surface area contributed by atoms with Gasteiger partial charge >= 0.3 is 10.2 Å². The smallest absolute Gasteiger partial charge is 0.343 e. The molecule has 7 heteroatoms. The first kappa shape index (κ1) is 19.0. The summed E-state index contributed by atoms with van der Waals surface area (Å²) in [5.41, 5.74) is 3.45. The van der Waals surface area contributed by atoms with Crippen LogP contribution in [-0.2, 0) is 16.6 Å². The largest absolute Gasteiger partial charge is 0.378 e. The highest BCUT2D eigenvalue weighted by molar-refractivity contribution is 7.88. The van der Waals surface area contributed by atoms with Crippen molar-refractivity contribution >= 4 is 38.2 Å². The number of amidine groups is 1. The van der Waals surface area contributed by atoms with Gasteiger partial charge in [-0.3, -0.25) is 4.72 Å². The summed E-state index contributed by atoms with van der Waals surface area (Å²) in [4.78, 5) is 2.00.